The summed E-state index contributed by atoms with van der Waals surface area (Å²) in [5, 5.41) is 9.63. The number of nitrogens with two attached hydrogens (primary N) is 1. The van der Waals surface area contributed by atoms with Crippen LogP contribution < -0.4 is 5.73 Å². The number of hydrogen-bond donors (Lipinski definition) is 2. The van der Waals surface area contributed by atoms with Gasteiger partial charge in [-0.3, -0.25) is 9.78 Å². The molecule has 0 spiro atoms. The molecule has 0 saturated carbocycles. The van der Waals surface area contributed by atoms with E-state index < -0.39 is 0 Å². The Kier molecular flexibility index (Phi) is 3.28. The number of piperidine rings is 1. The lowest BCUT2D eigenvalue weighted by atomic mass is 9.96. The smallest absolute Gasteiger partial charge is 0.256 e. The van der Waals surface area contributed by atoms with E-state index in [9.17, 15) is 9.90 Å². The third-order valence-corrected chi connectivity index (χ3v) is 3.23. The maximum absolute atomic E-state index is 12.2. The highest BCUT2D eigenvalue weighted by Gasteiger charge is 2.28. The Hall–Kier alpha value is -1.62. The Labute approximate surface area is 100 Å². The summed E-state index contributed by atoms with van der Waals surface area (Å²) in [6.07, 6.45) is 3.35. The average Bonchev–Trinajstić information content (AvgIpc) is 2.32. The van der Waals surface area contributed by atoms with Gasteiger partial charge in [-0.25, -0.2) is 0 Å². The first-order valence-corrected chi connectivity index (χ1v) is 5.76. The Morgan fingerprint density at radius 2 is 2.41 bits per heavy atom. The largest absolute Gasteiger partial charge is 0.397 e. The molecule has 0 aromatic carbocycles. The zero-order chi connectivity index (χ0) is 12.4. The Bertz CT molecular complexity index is 422. The number of aliphatic hydroxyl groups excluding tert-OH is 1. The number of likely N-dealkylation sites (tertiary alicyclic amines) is 1. The SMILES string of the molecule is CC1CN(C(=O)c2ccncc2N)CCC1O. The van der Waals surface area contributed by atoms with Crippen LogP contribution in [0.5, 0.6) is 0 Å². The molecule has 1 aromatic rings. The van der Waals surface area contributed by atoms with Gasteiger partial charge in [-0.15, -0.1) is 0 Å². The predicted molar refractivity (Wildman–Crippen MR) is 64.3 cm³/mol. The highest BCUT2D eigenvalue weighted by molar-refractivity contribution is 5.98. The lowest BCUT2D eigenvalue weighted by Gasteiger charge is -2.34. The molecule has 1 fully saturated rings. The van der Waals surface area contributed by atoms with Crippen LogP contribution in [0.25, 0.3) is 0 Å². The van der Waals surface area contributed by atoms with Crippen LogP contribution in [0.2, 0.25) is 0 Å². The zero-order valence-electron chi connectivity index (χ0n) is 9.84. The average molecular weight is 235 g/mol. The molecule has 0 radical (unpaired) electrons. The van der Waals surface area contributed by atoms with Gasteiger partial charge in [-0.05, 0) is 18.4 Å². The number of hydrogen-bond acceptors (Lipinski definition) is 4. The normalized spacial score (nSPS) is 24.7. The van der Waals surface area contributed by atoms with Gasteiger partial charge in [0.2, 0.25) is 0 Å². The molecule has 1 aliphatic rings. The fourth-order valence-corrected chi connectivity index (χ4v) is 2.09. The zero-order valence-corrected chi connectivity index (χ0v) is 9.84. The Balaban J connectivity index is 2.14. The third kappa shape index (κ3) is 2.39. The van der Waals surface area contributed by atoms with Crippen LogP contribution in [-0.4, -0.2) is 40.1 Å². The van der Waals surface area contributed by atoms with E-state index in [1.54, 1.807) is 17.2 Å². The van der Waals surface area contributed by atoms with Crippen LogP contribution in [0.4, 0.5) is 5.69 Å². The van der Waals surface area contributed by atoms with Crippen molar-refractivity contribution in [2.75, 3.05) is 18.8 Å². The van der Waals surface area contributed by atoms with Gasteiger partial charge in [0.15, 0.2) is 0 Å². The van der Waals surface area contributed by atoms with Gasteiger partial charge >= 0.3 is 0 Å². The van der Waals surface area contributed by atoms with E-state index in [0.29, 0.717) is 30.8 Å². The molecular formula is C12H17N3O2. The van der Waals surface area contributed by atoms with E-state index in [0.717, 1.165) is 0 Å². The quantitative estimate of drug-likeness (QED) is 0.743. The van der Waals surface area contributed by atoms with Crippen LogP contribution in [-0.2, 0) is 0 Å². The van der Waals surface area contributed by atoms with Crippen LogP contribution in [0.15, 0.2) is 18.5 Å². The third-order valence-electron chi connectivity index (χ3n) is 3.23. The summed E-state index contributed by atoms with van der Waals surface area (Å²) in [5.74, 6) is 0.0272. The standard InChI is InChI=1S/C12H17N3O2/c1-8-7-15(5-3-11(8)16)12(17)9-2-4-14-6-10(9)13/h2,4,6,8,11,16H,3,5,7,13H2,1H3. The molecule has 2 rings (SSSR count). The first-order chi connectivity index (χ1) is 8.09. The van der Waals surface area contributed by atoms with Gasteiger partial charge in [-0.2, -0.15) is 0 Å². The molecule has 2 heterocycles. The molecule has 17 heavy (non-hydrogen) atoms. The molecule has 5 nitrogen and oxygen atoms in total. The van der Waals surface area contributed by atoms with Gasteiger partial charge in [0.1, 0.15) is 0 Å². The second-order valence-corrected chi connectivity index (χ2v) is 4.55. The Morgan fingerprint density at radius 1 is 1.65 bits per heavy atom. The number of aliphatic hydroxyl groups is 1. The number of amides is 1. The number of carbonyl (C=O) groups is 1. The topological polar surface area (TPSA) is 79.5 Å². The maximum Gasteiger partial charge on any atom is 0.256 e. The van der Waals surface area contributed by atoms with Crippen molar-refractivity contribution in [3.63, 3.8) is 0 Å². The van der Waals surface area contributed by atoms with Crippen molar-refractivity contribution in [1.29, 1.82) is 0 Å². The number of pyridine rings is 1. The van der Waals surface area contributed by atoms with Crippen molar-refractivity contribution in [3.05, 3.63) is 24.0 Å². The summed E-state index contributed by atoms with van der Waals surface area (Å²) in [5.41, 5.74) is 6.62. The second kappa shape index (κ2) is 4.71. The van der Waals surface area contributed by atoms with Gasteiger partial charge in [0.25, 0.3) is 5.91 Å². The van der Waals surface area contributed by atoms with Crippen molar-refractivity contribution in [1.82, 2.24) is 9.88 Å². The molecule has 1 amide bonds. The van der Waals surface area contributed by atoms with Crippen LogP contribution in [0.3, 0.4) is 0 Å². The van der Waals surface area contributed by atoms with E-state index in [1.807, 2.05) is 6.92 Å². The predicted octanol–water partition coefficient (Wildman–Crippen LogP) is 0.507. The number of nitrogens with zero attached hydrogens (tertiary/aromatic N) is 2. The molecule has 1 aromatic heterocycles. The van der Waals surface area contributed by atoms with E-state index in [1.165, 1.54) is 6.20 Å². The molecule has 92 valence electrons. The molecule has 1 saturated heterocycles. The summed E-state index contributed by atoms with van der Waals surface area (Å²) in [7, 11) is 0. The number of anilines is 1. The molecule has 2 unspecified atom stereocenters. The number of aromatic nitrogens is 1. The van der Waals surface area contributed by atoms with Gasteiger partial charge in [-0.1, -0.05) is 6.92 Å². The van der Waals surface area contributed by atoms with Gasteiger partial charge < -0.3 is 15.7 Å². The molecule has 2 atom stereocenters. The van der Waals surface area contributed by atoms with Gasteiger partial charge in [0.05, 0.1) is 23.6 Å². The highest BCUT2D eigenvalue weighted by Crippen LogP contribution is 2.20. The first kappa shape index (κ1) is 11.9. The van der Waals surface area contributed by atoms with Crippen LogP contribution >= 0.6 is 0 Å². The van der Waals surface area contributed by atoms with Crippen LogP contribution in [0.1, 0.15) is 23.7 Å². The summed E-state index contributed by atoms with van der Waals surface area (Å²) in [6.45, 7) is 3.09. The van der Waals surface area contributed by atoms with E-state index in [2.05, 4.69) is 4.98 Å². The first-order valence-electron chi connectivity index (χ1n) is 5.76. The molecule has 5 heteroatoms. The monoisotopic (exact) mass is 235 g/mol. The Morgan fingerprint density at radius 3 is 3.06 bits per heavy atom. The number of rotatable bonds is 1. The number of nitrogen functional groups attached to an aromatic ring is 1. The summed E-state index contributed by atoms with van der Waals surface area (Å²) < 4.78 is 0. The lowest BCUT2D eigenvalue weighted by Crippen LogP contribution is -2.45. The van der Waals surface area contributed by atoms with Crippen molar-refractivity contribution < 1.29 is 9.90 Å². The minimum Gasteiger partial charge on any atom is -0.397 e. The minimum absolute atomic E-state index is 0.0800. The van der Waals surface area contributed by atoms with E-state index >= 15 is 0 Å². The summed E-state index contributed by atoms with van der Waals surface area (Å²) in [4.78, 5) is 17.8. The van der Waals surface area contributed by atoms with Crippen molar-refractivity contribution in [2.45, 2.75) is 19.4 Å². The fraction of sp³-hybridized carbons (Fsp3) is 0.500. The van der Waals surface area contributed by atoms with Crippen molar-refractivity contribution >= 4 is 11.6 Å². The molecule has 0 bridgehead atoms. The summed E-state index contributed by atoms with van der Waals surface area (Å²) in [6, 6.07) is 1.63. The van der Waals surface area contributed by atoms with Crippen molar-refractivity contribution in [2.24, 2.45) is 5.92 Å². The van der Waals surface area contributed by atoms with E-state index in [4.69, 9.17) is 5.73 Å². The molecular weight excluding hydrogens is 218 g/mol. The van der Waals surface area contributed by atoms with Gasteiger partial charge in [0, 0.05) is 19.3 Å². The molecule has 1 aliphatic heterocycles. The van der Waals surface area contributed by atoms with Crippen LogP contribution in [0, 0.1) is 5.92 Å². The summed E-state index contributed by atoms with van der Waals surface area (Å²) >= 11 is 0. The fourth-order valence-electron chi connectivity index (χ4n) is 2.09. The molecule has 3 N–H and O–H groups in total. The second-order valence-electron chi connectivity index (χ2n) is 4.55. The maximum atomic E-state index is 12.2. The lowest BCUT2D eigenvalue weighted by molar-refractivity contribution is 0.0298. The van der Waals surface area contributed by atoms with Crippen molar-refractivity contribution in [3.8, 4) is 0 Å². The number of carbonyl (C=O) groups excluding carboxylic acids is 1. The van der Waals surface area contributed by atoms with E-state index in [-0.39, 0.29) is 17.9 Å². The molecule has 0 aliphatic carbocycles. The highest BCUT2D eigenvalue weighted by atomic mass is 16.3. The minimum atomic E-state index is -0.311.